The number of rotatable bonds is 3. The molecule has 0 aromatic carbocycles. The Labute approximate surface area is 124 Å². The number of nitrogens with two attached hydrogens (primary N) is 1. The van der Waals surface area contributed by atoms with Gasteiger partial charge >= 0.3 is 6.09 Å². The van der Waals surface area contributed by atoms with Crippen LogP contribution in [0.1, 0.15) is 26.7 Å². The maximum absolute atomic E-state index is 12.4. The zero-order valence-corrected chi connectivity index (χ0v) is 13.0. The maximum Gasteiger partial charge on any atom is 0.423 e. The number of likely N-dealkylation sites (tertiary alicyclic amines) is 1. The Bertz CT molecular complexity index is 525. The second-order valence-electron chi connectivity index (χ2n) is 5.67. The van der Waals surface area contributed by atoms with Crippen LogP contribution in [-0.4, -0.2) is 66.7 Å². The van der Waals surface area contributed by atoms with Crippen LogP contribution in [0.3, 0.4) is 0 Å². The number of carbonyl (C=O) groups is 2. The average Bonchev–Trinajstić information content (AvgIpc) is 2.37. The van der Waals surface area contributed by atoms with Crippen LogP contribution in [-0.2, 0) is 19.6 Å². The van der Waals surface area contributed by atoms with Crippen molar-refractivity contribution in [3.05, 3.63) is 0 Å². The van der Waals surface area contributed by atoms with Gasteiger partial charge in [-0.2, -0.15) is 0 Å². The Balaban J connectivity index is 2.18. The standard InChI is InChI=1S/C12H21N3O5S/c1-8(2)14-5-3-9(4-6-14)15-12(17)20-7-10(11(13)16)21(15,18)19/h8-10H,3-7H2,1-2H3,(H2,13,16). The number of hydrogen-bond donors (Lipinski definition) is 1. The molecule has 0 bridgehead atoms. The van der Waals surface area contributed by atoms with Gasteiger partial charge in [0.25, 0.3) is 10.0 Å². The van der Waals surface area contributed by atoms with Crippen LogP contribution in [0, 0.1) is 0 Å². The van der Waals surface area contributed by atoms with Crippen LogP contribution < -0.4 is 5.73 Å². The lowest BCUT2D eigenvalue weighted by atomic mass is 10.0. The third-order valence-electron chi connectivity index (χ3n) is 4.05. The van der Waals surface area contributed by atoms with E-state index in [0.29, 0.717) is 32.0 Å². The van der Waals surface area contributed by atoms with Gasteiger partial charge in [0.1, 0.15) is 6.61 Å². The average molecular weight is 319 g/mol. The van der Waals surface area contributed by atoms with Gasteiger partial charge < -0.3 is 15.4 Å². The van der Waals surface area contributed by atoms with Gasteiger partial charge in [0, 0.05) is 19.1 Å². The third kappa shape index (κ3) is 2.98. The van der Waals surface area contributed by atoms with Crippen molar-refractivity contribution < 1.29 is 22.7 Å². The van der Waals surface area contributed by atoms with Gasteiger partial charge in [-0.15, -0.1) is 0 Å². The number of cyclic esters (lactones) is 1. The summed E-state index contributed by atoms with van der Waals surface area (Å²) in [4.78, 5) is 25.3. The van der Waals surface area contributed by atoms with Gasteiger partial charge in [-0.05, 0) is 26.7 Å². The summed E-state index contributed by atoms with van der Waals surface area (Å²) in [6, 6.07) is -0.103. The molecule has 2 aliphatic heterocycles. The molecule has 1 unspecified atom stereocenters. The summed E-state index contributed by atoms with van der Waals surface area (Å²) in [5.74, 6) is -0.993. The molecular weight excluding hydrogens is 298 g/mol. The van der Waals surface area contributed by atoms with E-state index in [1.165, 1.54) is 0 Å². The normalized spacial score (nSPS) is 27.7. The van der Waals surface area contributed by atoms with Crippen molar-refractivity contribution >= 4 is 22.0 Å². The number of primary amides is 1. The fourth-order valence-electron chi connectivity index (χ4n) is 2.76. The minimum atomic E-state index is -4.08. The summed E-state index contributed by atoms with van der Waals surface area (Å²) >= 11 is 0. The second kappa shape index (κ2) is 5.80. The smallest absolute Gasteiger partial charge is 0.423 e. The summed E-state index contributed by atoms with van der Waals surface area (Å²) in [6.07, 6.45) is 0.145. The second-order valence-corrected chi connectivity index (χ2v) is 7.66. The van der Waals surface area contributed by atoms with Crippen molar-refractivity contribution in [2.24, 2.45) is 5.73 Å². The Kier molecular flexibility index (Phi) is 4.43. The van der Waals surface area contributed by atoms with Crippen molar-refractivity contribution in [1.82, 2.24) is 9.21 Å². The van der Waals surface area contributed by atoms with E-state index >= 15 is 0 Å². The highest BCUT2D eigenvalue weighted by Gasteiger charge is 2.48. The van der Waals surface area contributed by atoms with Crippen molar-refractivity contribution in [2.45, 2.75) is 44.0 Å². The first kappa shape index (κ1) is 16.0. The third-order valence-corrected chi connectivity index (χ3v) is 6.13. The Morgan fingerprint density at radius 2 is 1.90 bits per heavy atom. The molecule has 2 fully saturated rings. The molecule has 0 radical (unpaired) electrons. The highest BCUT2D eigenvalue weighted by Crippen LogP contribution is 2.26. The quantitative estimate of drug-likeness (QED) is 0.750. The molecule has 0 aliphatic carbocycles. The first-order valence-electron chi connectivity index (χ1n) is 6.98. The highest BCUT2D eigenvalue weighted by molar-refractivity contribution is 7.91. The number of ether oxygens (including phenoxy) is 1. The molecule has 2 saturated heterocycles. The number of amides is 2. The molecule has 2 N–H and O–H groups in total. The van der Waals surface area contributed by atoms with Crippen LogP contribution in [0.2, 0.25) is 0 Å². The Hall–Kier alpha value is -1.35. The molecule has 2 amide bonds. The van der Waals surface area contributed by atoms with Crippen molar-refractivity contribution in [2.75, 3.05) is 19.7 Å². The maximum atomic E-state index is 12.4. The van der Waals surface area contributed by atoms with E-state index in [2.05, 4.69) is 18.7 Å². The van der Waals surface area contributed by atoms with Crippen LogP contribution >= 0.6 is 0 Å². The Morgan fingerprint density at radius 1 is 1.33 bits per heavy atom. The van der Waals surface area contributed by atoms with Gasteiger partial charge in [-0.3, -0.25) is 4.79 Å². The molecule has 0 spiro atoms. The van der Waals surface area contributed by atoms with Crippen molar-refractivity contribution in [3.63, 3.8) is 0 Å². The molecule has 0 aromatic heterocycles. The summed E-state index contributed by atoms with van der Waals surface area (Å²) in [6.45, 7) is 5.02. The van der Waals surface area contributed by atoms with Gasteiger partial charge in [-0.25, -0.2) is 17.5 Å². The van der Waals surface area contributed by atoms with E-state index in [1.807, 2.05) is 0 Å². The molecule has 21 heavy (non-hydrogen) atoms. The lowest BCUT2D eigenvalue weighted by molar-refractivity contribution is -0.118. The molecule has 2 heterocycles. The van der Waals surface area contributed by atoms with Crippen LogP contribution in [0.15, 0.2) is 0 Å². The monoisotopic (exact) mass is 319 g/mol. The fraction of sp³-hybridized carbons (Fsp3) is 0.833. The van der Waals surface area contributed by atoms with Crippen LogP contribution in [0.25, 0.3) is 0 Å². The minimum Gasteiger partial charge on any atom is -0.447 e. The Morgan fingerprint density at radius 3 is 2.38 bits per heavy atom. The summed E-state index contributed by atoms with van der Waals surface area (Å²) in [5, 5.41) is -1.49. The first-order valence-corrected chi connectivity index (χ1v) is 8.49. The van der Waals surface area contributed by atoms with E-state index in [1.54, 1.807) is 0 Å². The highest BCUT2D eigenvalue weighted by atomic mass is 32.2. The zero-order chi connectivity index (χ0) is 15.8. The first-order chi connectivity index (χ1) is 9.75. The molecule has 1 atom stereocenters. The van der Waals surface area contributed by atoms with Crippen molar-refractivity contribution in [3.8, 4) is 0 Å². The molecule has 8 nitrogen and oxygen atoms in total. The molecule has 2 aliphatic rings. The van der Waals surface area contributed by atoms with Gasteiger partial charge in [0.05, 0.1) is 6.04 Å². The number of nitrogens with zero attached hydrogens (tertiary/aromatic N) is 2. The number of piperidine rings is 1. The molecule has 9 heteroatoms. The van der Waals surface area contributed by atoms with E-state index in [-0.39, 0.29) is 0 Å². The van der Waals surface area contributed by atoms with E-state index in [0.717, 1.165) is 4.31 Å². The fourth-order valence-corrected chi connectivity index (χ4v) is 4.45. The van der Waals surface area contributed by atoms with E-state index in [9.17, 15) is 18.0 Å². The summed E-state index contributed by atoms with van der Waals surface area (Å²) in [5.41, 5.74) is 5.10. The lowest BCUT2D eigenvalue weighted by Crippen LogP contribution is -2.59. The van der Waals surface area contributed by atoms with Gasteiger partial charge in [0.15, 0.2) is 5.25 Å². The van der Waals surface area contributed by atoms with Gasteiger partial charge in [-0.1, -0.05) is 0 Å². The predicted octanol–water partition coefficient (Wildman–Crippen LogP) is -0.505. The molecular formula is C12H21N3O5S. The molecule has 2 rings (SSSR count). The molecule has 0 aromatic rings. The molecule has 120 valence electrons. The number of sulfonamides is 1. The van der Waals surface area contributed by atoms with Crippen LogP contribution in [0.5, 0.6) is 0 Å². The van der Waals surface area contributed by atoms with Gasteiger partial charge in [0.2, 0.25) is 5.91 Å². The van der Waals surface area contributed by atoms with Crippen molar-refractivity contribution in [1.29, 1.82) is 0 Å². The SMILES string of the molecule is CC(C)N1CCC(N2C(=O)OCC(C(N)=O)S2(=O)=O)CC1. The van der Waals surface area contributed by atoms with E-state index < -0.39 is 39.9 Å². The number of carbonyl (C=O) groups excluding carboxylic acids is 2. The van der Waals surface area contributed by atoms with E-state index in [4.69, 9.17) is 10.5 Å². The topological polar surface area (TPSA) is 110 Å². The molecule has 0 saturated carbocycles. The predicted molar refractivity (Wildman–Crippen MR) is 74.8 cm³/mol. The zero-order valence-electron chi connectivity index (χ0n) is 12.2. The summed E-state index contributed by atoms with van der Waals surface area (Å²) in [7, 11) is -4.08. The largest absolute Gasteiger partial charge is 0.447 e. The summed E-state index contributed by atoms with van der Waals surface area (Å²) < 4.78 is 30.3. The lowest BCUT2D eigenvalue weighted by Gasteiger charge is -2.41. The van der Waals surface area contributed by atoms with Crippen LogP contribution in [0.4, 0.5) is 4.79 Å². The number of hydrogen-bond acceptors (Lipinski definition) is 6. The minimum absolute atomic E-state index is 0.370.